The summed E-state index contributed by atoms with van der Waals surface area (Å²) in [7, 11) is 0. The van der Waals surface area contributed by atoms with Crippen LogP contribution < -0.4 is 5.43 Å². The molecule has 6 heteroatoms. The van der Waals surface area contributed by atoms with Gasteiger partial charge in [-0.2, -0.15) is 0 Å². The quantitative estimate of drug-likeness (QED) is 0.359. The Bertz CT molecular complexity index is 857. The van der Waals surface area contributed by atoms with Crippen molar-refractivity contribution in [2.24, 2.45) is 5.92 Å². The SMILES string of the molecule is CC(=O)NN1C(=O)C(CC/C=C/CCc2ccccc2)C1[S+]([O-])Cc1ccccc1. The lowest BCUT2D eigenvalue weighted by atomic mass is 9.94. The third kappa shape index (κ3) is 5.97. The molecule has 158 valence electrons. The minimum atomic E-state index is -1.29. The Labute approximate surface area is 181 Å². The number of carbonyl (C=O) groups is 2. The average molecular weight is 425 g/mol. The Morgan fingerprint density at radius 1 is 1.03 bits per heavy atom. The highest BCUT2D eigenvalue weighted by atomic mass is 32.2. The maximum Gasteiger partial charge on any atom is 0.255 e. The van der Waals surface area contributed by atoms with Crippen molar-refractivity contribution in [3.05, 3.63) is 83.9 Å². The van der Waals surface area contributed by atoms with Gasteiger partial charge in [0.25, 0.3) is 5.91 Å². The number of hydrogen-bond acceptors (Lipinski definition) is 3. The molecule has 5 nitrogen and oxygen atoms in total. The predicted octanol–water partition coefficient (Wildman–Crippen LogP) is 3.74. The van der Waals surface area contributed by atoms with E-state index in [2.05, 4.69) is 29.7 Å². The molecule has 0 bridgehead atoms. The Morgan fingerprint density at radius 3 is 2.27 bits per heavy atom. The standard InChI is InChI=1S/C24H28N2O3S/c1-19(27)25-26-23(28)22(24(26)30(29)18-21-15-9-5-10-16-21)17-11-3-2-6-12-20-13-7-4-8-14-20/h2-5,7-10,13-16,22,24H,6,11-12,17-18H2,1H3,(H,25,27)/b3-2+. The molecule has 1 heterocycles. The molecular formula is C24H28N2O3S. The first-order valence-electron chi connectivity index (χ1n) is 10.3. The van der Waals surface area contributed by atoms with E-state index in [1.807, 2.05) is 48.5 Å². The zero-order chi connectivity index (χ0) is 21.3. The predicted molar refractivity (Wildman–Crippen MR) is 119 cm³/mol. The van der Waals surface area contributed by atoms with Gasteiger partial charge < -0.3 is 4.55 Å². The molecule has 1 N–H and O–H groups in total. The van der Waals surface area contributed by atoms with Crippen molar-refractivity contribution in [2.75, 3.05) is 0 Å². The monoisotopic (exact) mass is 424 g/mol. The molecule has 0 aliphatic carbocycles. The number of allylic oxidation sites excluding steroid dienone is 2. The zero-order valence-corrected chi connectivity index (χ0v) is 18.0. The lowest BCUT2D eigenvalue weighted by Gasteiger charge is -2.45. The second-order valence-electron chi connectivity index (χ2n) is 7.46. The van der Waals surface area contributed by atoms with Crippen LogP contribution in [0.15, 0.2) is 72.8 Å². The number of aryl methyl sites for hydroxylation is 1. The largest absolute Gasteiger partial charge is 0.614 e. The zero-order valence-electron chi connectivity index (χ0n) is 17.2. The van der Waals surface area contributed by atoms with Crippen molar-refractivity contribution < 1.29 is 14.1 Å². The molecule has 1 aliphatic rings. The van der Waals surface area contributed by atoms with Gasteiger partial charge in [-0.3, -0.25) is 15.0 Å². The van der Waals surface area contributed by atoms with Crippen LogP contribution in [0, 0.1) is 5.92 Å². The van der Waals surface area contributed by atoms with Crippen LogP contribution in [0.1, 0.15) is 37.3 Å². The molecule has 0 spiro atoms. The van der Waals surface area contributed by atoms with Crippen LogP contribution in [0.5, 0.6) is 0 Å². The van der Waals surface area contributed by atoms with Gasteiger partial charge in [0, 0.05) is 12.5 Å². The van der Waals surface area contributed by atoms with Crippen molar-refractivity contribution >= 4 is 23.0 Å². The molecule has 2 aromatic carbocycles. The van der Waals surface area contributed by atoms with Crippen molar-refractivity contribution in [1.29, 1.82) is 0 Å². The smallest absolute Gasteiger partial charge is 0.255 e. The van der Waals surface area contributed by atoms with Crippen LogP contribution in [-0.4, -0.2) is 26.7 Å². The van der Waals surface area contributed by atoms with Gasteiger partial charge in [-0.1, -0.05) is 72.8 Å². The fourth-order valence-corrected chi connectivity index (χ4v) is 5.31. The highest BCUT2D eigenvalue weighted by Crippen LogP contribution is 2.34. The second kappa shape index (κ2) is 11.0. The molecule has 30 heavy (non-hydrogen) atoms. The fourth-order valence-electron chi connectivity index (χ4n) is 3.61. The summed E-state index contributed by atoms with van der Waals surface area (Å²) in [6.07, 6.45) is 7.54. The molecular weight excluding hydrogens is 396 g/mol. The first-order valence-corrected chi connectivity index (χ1v) is 11.6. The summed E-state index contributed by atoms with van der Waals surface area (Å²) in [5.41, 5.74) is 4.80. The number of benzene rings is 2. The first kappa shape index (κ1) is 22.1. The maximum absolute atomic E-state index is 13.0. The van der Waals surface area contributed by atoms with Crippen molar-refractivity contribution in [3.8, 4) is 0 Å². The van der Waals surface area contributed by atoms with Gasteiger partial charge in [-0.15, -0.1) is 0 Å². The van der Waals surface area contributed by atoms with Gasteiger partial charge in [0.2, 0.25) is 11.3 Å². The lowest BCUT2D eigenvalue weighted by Crippen LogP contribution is -2.69. The summed E-state index contributed by atoms with van der Waals surface area (Å²) in [4.78, 5) is 24.0. The Hall–Kier alpha value is -2.57. The average Bonchev–Trinajstić information content (AvgIpc) is 2.75. The topological polar surface area (TPSA) is 72.5 Å². The molecule has 1 fully saturated rings. The molecule has 2 aromatic rings. The number of hydrazine groups is 1. The number of hydrogen-bond donors (Lipinski definition) is 1. The highest BCUT2D eigenvalue weighted by Gasteiger charge is 2.54. The Morgan fingerprint density at radius 2 is 1.63 bits per heavy atom. The van der Waals surface area contributed by atoms with Crippen LogP contribution in [0.4, 0.5) is 0 Å². The van der Waals surface area contributed by atoms with E-state index >= 15 is 0 Å². The fraction of sp³-hybridized carbons (Fsp3) is 0.333. The molecule has 3 unspecified atom stereocenters. The van der Waals surface area contributed by atoms with E-state index in [-0.39, 0.29) is 17.7 Å². The molecule has 2 amide bonds. The van der Waals surface area contributed by atoms with Crippen LogP contribution >= 0.6 is 0 Å². The van der Waals surface area contributed by atoms with Crippen LogP contribution in [0.3, 0.4) is 0 Å². The van der Waals surface area contributed by atoms with Gasteiger partial charge >= 0.3 is 0 Å². The van der Waals surface area contributed by atoms with Gasteiger partial charge in [0.1, 0.15) is 11.7 Å². The number of amides is 2. The molecule has 0 radical (unpaired) electrons. The van der Waals surface area contributed by atoms with E-state index in [9.17, 15) is 14.1 Å². The van der Waals surface area contributed by atoms with E-state index in [0.29, 0.717) is 12.2 Å². The summed E-state index contributed by atoms with van der Waals surface area (Å²) < 4.78 is 13.0. The molecule has 3 atom stereocenters. The van der Waals surface area contributed by atoms with E-state index in [1.165, 1.54) is 17.5 Å². The number of carbonyl (C=O) groups excluding carboxylic acids is 2. The first-order chi connectivity index (χ1) is 14.6. The van der Waals surface area contributed by atoms with Gasteiger partial charge in [0.05, 0.1) is 0 Å². The Kier molecular flexibility index (Phi) is 8.11. The summed E-state index contributed by atoms with van der Waals surface area (Å²) in [5.74, 6) is -0.461. The van der Waals surface area contributed by atoms with Crippen LogP contribution in [0.2, 0.25) is 0 Å². The van der Waals surface area contributed by atoms with E-state index in [4.69, 9.17) is 0 Å². The third-order valence-corrected chi connectivity index (χ3v) is 6.80. The molecule has 3 rings (SSSR count). The van der Waals surface area contributed by atoms with Gasteiger partial charge in [-0.05, 0) is 42.4 Å². The highest BCUT2D eigenvalue weighted by molar-refractivity contribution is 7.91. The number of nitrogens with one attached hydrogen (secondary N) is 1. The maximum atomic E-state index is 13.0. The minimum Gasteiger partial charge on any atom is -0.614 e. The van der Waals surface area contributed by atoms with E-state index in [1.54, 1.807) is 0 Å². The minimum absolute atomic E-state index is 0.158. The van der Waals surface area contributed by atoms with Crippen LogP contribution in [-0.2, 0) is 32.9 Å². The van der Waals surface area contributed by atoms with Crippen molar-refractivity contribution in [3.63, 3.8) is 0 Å². The third-order valence-electron chi connectivity index (χ3n) is 5.11. The number of nitrogens with zero attached hydrogens (tertiary/aromatic N) is 1. The van der Waals surface area contributed by atoms with Crippen LogP contribution in [0.25, 0.3) is 0 Å². The summed E-state index contributed by atoms with van der Waals surface area (Å²) in [6.45, 7) is 1.35. The number of rotatable bonds is 10. The summed E-state index contributed by atoms with van der Waals surface area (Å²) in [5, 5.41) is 0.768. The van der Waals surface area contributed by atoms with E-state index < -0.39 is 16.5 Å². The van der Waals surface area contributed by atoms with Gasteiger partial charge in [0.15, 0.2) is 0 Å². The van der Waals surface area contributed by atoms with Gasteiger partial charge in [-0.25, -0.2) is 5.01 Å². The lowest BCUT2D eigenvalue weighted by molar-refractivity contribution is -0.160. The second-order valence-corrected chi connectivity index (χ2v) is 8.99. The molecule has 1 aliphatic heterocycles. The summed E-state index contributed by atoms with van der Waals surface area (Å²) in [6, 6.07) is 19.9. The Balaban J connectivity index is 1.52. The molecule has 1 saturated heterocycles. The van der Waals surface area contributed by atoms with E-state index in [0.717, 1.165) is 24.8 Å². The van der Waals surface area contributed by atoms with Crippen molar-refractivity contribution in [2.45, 2.75) is 43.7 Å². The molecule has 0 saturated carbocycles. The normalized spacial score (nSPS) is 19.5. The molecule has 0 aromatic heterocycles. The van der Waals surface area contributed by atoms with Crippen molar-refractivity contribution in [1.82, 2.24) is 10.4 Å². The number of β-lactam (4-membered cyclic amide) rings is 1. The summed E-state index contributed by atoms with van der Waals surface area (Å²) >= 11 is -1.29.